The molecule has 0 saturated carbocycles. The Morgan fingerprint density at radius 2 is 1.32 bits per heavy atom. The van der Waals surface area contributed by atoms with E-state index >= 15 is 0 Å². The van der Waals surface area contributed by atoms with E-state index < -0.39 is 0 Å². The van der Waals surface area contributed by atoms with Gasteiger partial charge in [-0.1, -0.05) is 12.1 Å². The molecule has 0 aromatic carbocycles. The van der Waals surface area contributed by atoms with Crippen molar-refractivity contribution >= 4 is 34.5 Å². The number of carbonyl (C=O) groups is 2. The summed E-state index contributed by atoms with van der Waals surface area (Å²) in [5, 5.41) is 3.83. The van der Waals surface area contributed by atoms with Crippen LogP contribution in [0.5, 0.6) is 0 Å². The zero-order valence-electron chi connectivity index (χ0n) is 12.6. The molecule has 6 heteroatoms. The number of nitrogens with zero attached hydrogens (tertiary/aromatic N) is 2. The summed E-state index contributed by atoms with van der Waals surface area (Å²) >= 11 is 2.93. The van der Waals surface area contributed by atoms with E-state index in [0.29, 0.717) is 13.1 Å². The predicted octanol–water partition coefficient (Wildman–Crippen LogP) is 3.18. The summed E-state index contributed by atoms with van der Waals surface area (Å²) in [5.74, 6) is 0.134. The van der Waals surface area contributed by atoms with E-state index in [2.05, 4.69) is 0 Å². The van der Waals surface area contributed by atoms with Gasteiger partial charge in [-0.2, -0.15) is 0 Å². The molecule has 3 rings (SSSR count). The Labute approximate surface area is 138 Å². The molecule has 0 bridgehead atoms. The quantitative estimate of drug-likeness (QED) is 0.846. The third-order valence-electron chi connectivity index (χ3n) is 3.97. The first-order valence-electron chi connectivity index (χ1n) is 7.27. The van der Waals surface area contributed by atoms with Crippen molar-refractivity contribution in [1.29, 1.82) is 0 Å². The molecule has 4 nitrogen and oxygen atoms in total. The predicted molar refractivity (Wildman–Crippen MR) is 89.6 cm³/mol. The fraction of sp³-hybridized carbons (Fsp3) is 0.375. The van der Waals surface area contributed by atoms with E-state index in [1.165, 1.54) is 22.7 Å². The average Bonchev–Trinajstić information content (AvgIpc) is 3.20. The first-order chi connectivity index (χ1) is 10.6. The molecule has 0 aliphatic carbocycles. The second-order valence-corrected chi connectivity index (χ2v) is 7.46. The molecule has 22 heavy (non-hydrogen) atoms. The van der Waals surface area contributed by atoms with Gasteiger partial charge >= 0.3 is 0 Å². The SMILES string of the molecule is C[C@@H]1CN(C(=O)c2cccs2)[C@@H](C)CN1C(=O)c1cccs1. The summed E-state index contributed by atoms with van der Waals surface area (Å²) in [7, 11) is 0. The lowest BCUT2D eigenvalue weighted by atomic mass is 10.1. The molecule has 0 spiro atoms. The van der Waals surface area contributed by atoms with E-state index in [1.807, 2.05) is 58.7 Å². The molecule has 1 aliphatic rings. The van der Waals surface area contributed by atoms with Crippen LogP contribution in [0.2, 0.25) is 0 Å². The van der Waals surface area contributed by atoms with Crippen LogP contribution in [0.4, 0.5) is 0 Å². The number of amides is 2. The number of hydrogen-bond donors (Lipinski definition) is 0. The Morgan fingerprint density at radius 3 is 1.64 bits per heavy atom. The number of hydrogen-bond acceptors (Lipinski definition) is 4. The lowest BCUT2D eigenvalue weighted by molar-refractivity contribution is 0.0275. The normalized spacial score (nSPS) is 21.9. The molecule has 1 aliphatic heterocycles. The molecule has 0 unspecified atom stereocenters. The minimum atomic E-state index is 0.0229. The second-order valence-electron chi connectivity index (χ2n) is 5.57. The van der Waals surface area contributed by atoms with Crippen molar-refractivity contribution < 1.29 is 9.59 Å². The molecule has 0 N–H and O–H groups in total. The van der Waals surface area contributed by atoms with Crippen molar-refractivity contribution in [1.82, 2.24) is 9.80 Å². The highest BCUT2D eigenvalue weighted by molar-refractivity contribution is 7.12. The van der Waals surface area contributed by atoms with Crippen LogP contribution in [0.1, 0.15) is 33.2 Å². The average molecular weight is 334 g/mol. The third kappa shape index (κ3) is 2.80. The van der Waals surface area contributed by atoms with Crippen molar-refractivity contribution in [2.45, 2.75) is 25.9 Å². The van der Waals surface area contributed by atoms with Crippen LogP contribution >= 0.6 is 22.7 Å². The van der Waals surface area contributed by atoms with Gasteiger partial charge in [-0.25, -0.2) is 0 Å². The zero-order chi connectivity index (χ0) is 15.7. The summed E-state index contributed by atoms with van der Waals surface area (Å²) in [6.45, 7) is 5.17. The monoisotopic (exact) mass is 334 g/mol. The van der Waals surface area contributed by atoms with Crippen LogP contribution in [0.25, 0.3) is 0 Å². The summed E-state index contributed by atoms with van der Waals surface area (Å²) in [4.78, 5) is 30.4. The van der Waals surface area contributed by atoms with Crippen molar-refractivity contribution in [3.63, 3.8) is 0 Å². The van der Waals surface area contributed by atoms with Crippen LogP contribution in [0, 0.1) is 0 Å². The molecule has 1 fully saturated rings. The third-order valence-corrected chi connectivity index (χ3v) is 5.69. The van der Waals surface area contributed by atoms with E-state index in [4.69, 9.17) is 0 Å². The number of piperazine rings is 1. The number of thiophene rings is 2. The van der Waals surface area contributed by atoms with Crippen molar-refractivity contribution in [3.8, 4) is 0 Å². The Kier molecular flexibility index (Phi) is 4.31. The van der Waals surface area contributed by atoms with Crippen molar-refractivity contribution in [2.75, 3.05) is 13.1 Å². The molecule has 2 aromatic rings. The lowest BCUT2D eigenvalue weighted by Crippen LogP contribution is -2.59. The van der Waals surface area contributed by atoms with Gasteiger partial charge < -0.3 is 9.80 Å². The van der Waals surface area contributed by atoms with Gasteiger partial charge in [0.15, 0.2) is 0 Å². The molecule has 2 atom stereocenters. The maximum atomic E-state index is 12.6. The highest BCUT2D eigenvalue weighted by Crippen LogP contribution is 2.23. The second kappa shape index (κ2) is 6.22. The van der Waals surface area contributed by atoms with Crippen molar-refractivity contribution in [2.24, 2.45) is 0 Å². The van der Waals surface area contributed by atoms with Gasteiger partial charge in [0.05, 0.1) is 9.75 Å². The van der Waals surface area contributed by atoms with E-state index in [0.717, 1.165) is 9.75 Å². The van der Waals surface area contributed by atoms with E-state index in [1.54, 1.807) is 0 Å². The van der Waals surface area contributed by atoms with E-state index in [9.17, 15) is 9.59 Å². The number of carbonyl (C=O) groups excluding carboxylic acids is 2. The minimum absolute atomic E-state index is 0.0229. The molecule has 3 heterocycles. The van der Waals surface area contributed by atoms with Crippen LogP contribution in [-0.4, -0.2) is 46.8 Å². The fourth-order valence-corrected chi connectivity index (χ4v) is 4.13. The molecular weight excluding hydrogens is 316 g/mol. The van der Waals surface area contributed by atoms with E-state index in [-0.39, 0.29) is 23.9 Å². The Bertz CT molecular complexity index is 594. The van der Waals surface area contributed by atoms with Crippen LogP contribution in [0.3, 0.4) is 0 Å². The molecule has 2 aromatic heterocycles. The largest absolute Gasteiger partial charge is 0.331 e. The summed E-state index contributed by atoms with van der Waals surface area (Å²) in [6.07, 6.45) is 0. The van der Waals surface area contributed by atoms with Gasteiger partial charge in [0.1, 0.15) is 0 Å². The topological polar surface area (TPSA) is 40.6 Å². The Morgan fingerprint density at radius 1 is 0.909 bits per heavy atom. The minimum Gasteiger partial charge on any atom is -0.331 e. The zero-order valence-corrected chi connectivity index (χ0v) is 14.2. The van der Waals surface area contributed by atoms with Crippen molar-refractivity contribution in [3.05, 3.63) is 44.8 Å². The van der Waals surface area contributed by atoms with Gasteiger partial charge in [-0.05, 0) is 36.7 Å². The summed E-state index contributed by atoms with van der Waals surface area (Å²) < 4.78 is 0. The Balaban J connectivity index is 1.74. The smallest absolute Gasteiger partial charge is 0.264 e. The molecule has 0 radical (unpaired) electrons. The molecule has 2 amide bonds. The maximum absolute atomic E-state index is 12.6. The highest BCUT2D eigenvalue weighted by Gasteiger charge is 2.35. The first kappa shape index (κ1) is 15.2. The summed E-state index contributed by atoms with van der Waals surface area (Å²) in [6, 6.07) is 7.54. The van der Waals surface area contributed by atoms with Gasteiger partial charge in [0.2, 0.25) is 0 Å². The van der Waals surface area contributed by atoms with Gasteiger partial charge in [-0.15, -0.1) is 22.7 Å². The lowest BCUT2D eigenvalue weighted by Gasteiger charge is -2.43. The van der Waals surface area contributed by atoms with Gasteiger partial charge in [0, 0.05) is 25.2 Å². The highest BCUT2D eigenvalue weighted by atomic mass is 32.1. The van der Waals surface area contributed by atoms with Crippen LogP contribution in [-0.2, 0) is 0 Å². The molecular formula is C16H18N2O2S2. The first-order valence-corrected chi connectivity index (χ1v) is 9.03. The molecule has 1 saturated heterocycles. The summed E-state index contributed by atoms with van der Waals surface area (Å²) in [5.41, 5.74) is 0. The van der Waals surface area contributed by atoms with Crippen LogP contribution < -0.4 is 0 Å². The standard InChI is InChI=1S/C16H18N2O2S2/c1-11-9-18(16(20)14-6-4-8-22-14)12(2)10-17(11)15(19)13-5-3-7-21-13/h3-8,11-12H,9-10H2,1-2H3/t11-,12+. The Hall–Kier alpha value is -1.66. The number of rotatable bonds is 2. The van der Waals surface area contributed by atoms with Gasteiger partial charge in [0.25, 0.3) is 11.8 Å². The molecule has 116 valence electrons. The van der Waals surface area contributed by atoms with Gasteiger partial charge in [-0.3, -0.25) is 9.59 Å². The van der Waals surface area contributed by atoms with Crippen LogP contribution in [0.15, 0.2) is 35.0 Å². The maximum Gasteiger partial charge on any atom is 0.264 e. The fourth-order valence-electron chi connectivity index (χ4n) is 2.78.